The van der Waals surface area contributed by atoms with Gasteiger partial charge in [0.25, 0.3) is 5.91 Å². The number of anilines is 1. The summed E-state index contributed by atoms with van der Waals surface area (Å²) < 4.78 is 4.95. The normalized spacial score (nSPS) is 14.1. The average Bonchev–Trinajstić information content (AvgIpc) is 3.13. The molecule has 5 heteroatoms. The first-order valence-corrected chi connectivity index (χ1v) is 5.89. The van der Waals surface area contributed by atoms with Crippen LogP contribution >= 0.6 is 0 Å². The summed E-state index contributed by atoms with van der Waals surface area (Å²) in [6.07, 6.45) is 2.02. The summed E-state index contributed by atoms with van der Waals surface area (Å²) in [4.78, 5) is 23.1. The fourth-order valence-electron chi connectivity index (χ4n) is 1.57. The summed E-state index contributed by atoms with van der Waals surface area (Å²) in [5.41, 5.74) is 7.28. The highest BCUT2D eigenvalue weighted by Gasteiger charge is 2.23. The van der Waals surface area contributed by atoms with Gasteiger partial charge < -0.3 is 15.8 Å². The largest absolute Gasteiger partial charge is 0.452 e. The molecule has 18 heavy (non-hydrogen) atoms. The molecule has 3 N–H and O–H groups in total. The molecule has 1 aromatic carbocycles. The van der Waals surface area contributed by atoms with Crippen LogP contribution < -0.4 is 11.1 Å². The van der Waals surface area contributed by atoms with Gasteiger partial charge in [-0.1, -0.05) is 6.07 Å². The SMILES string of the molecule is Cc1ccc(N)cc1C(=O)OCC(=O)NC1CC1. The van der Waals surface area contributed by atoms with Crippen LogP contribution in [0.1, 0.15) is 28.8 Å². The van der Waals surface area contributed by atoms with Gasteiger partial charge in [0, 0.05) is 11.7 Å². The number of amides is 1. The van der Waals surface area contributed by atoms with Gasteiger partial charge in [0.1, 0.15) is 0 Å². The molecule has 0 heterocycles. The van der Waals surface area contributed by atoms with E-state index >= 15 is 0 Å². The number of aryl methyl sites for hydroxylation is 1. The van der Waals surface area contributed by atoms with Crippen molar-refractivity contribution in [2.75, 3.05) is 12.3 Å². The number of nitrogens with one attached hydrogen (secondary N) is 1. The van der Waals surface area contributed by atoms with E-state index in [1.54, 1.807) is 25.1 Å². The van der Waals surface area contributed by atoms with Crippen molar-refractivity contribution in [2.24, 2.45) is 0 Å². The Morgan fingerprint density at radius 1 is 1.44 bits per heavy atom. The summed E-state index contributed by atoms with van der Waals surface area (Å²) in [7, 11) is 0. The van der Waals surface area contributed by atoms with E-state index in [1.165, 1.54) is 0 Å². The Balaban J connectivity index is 1.90. The predicted molar refractivity (Wildman–Crippen MR) is 67.0 cm³/mol. The van der Waals surface area contributed by atoms with Crippen LogP contribution in [0.4, 0.5) is 5.69 Å². The molecule has 5 nitrogen and oxygen atoms in total. The second-order valence-electron chi connectivity index (χ2n) is 4.49. The number of rotatable bonds is 4. The third kappa shape index (κ3) is 3.23. The Hall–Kier alpha value is -2.04. The predicted octanol–water partition coefficient (Wildman–Crippen LogP) is 1.01. The van der Waals surface area contributed by atoms with Gasteiger partial charge in [-0.15, -0.1) is 0 Å². The zero-order valence-electron chi connectivity index (χ0n) is 10.2. The first-order chi connectivity index (χ1) is 8.56. The van der Waals surface area contributed by atoms with Gasteiger partial charge in [-0.25, -0.2) is 4.79 Å². The van der Waals surface area contributed by atoms with Crippen molar-refractivity contribution in [1.29, 1.82) is 0 Å². The van der Waals surface area contributed by atoms with Crippen molar-refractivity contribution in [1.82, 2.24) is 5.32 Å². The van der Waals surface area contributed by atoms with Gasteiger partial charge in [-0.05, 0) is 37.5 Å². The van der Waals surface area contributed by atoms with Crippen LogP contribution in [0.25, 0.3) is 0 Å². The maximum absolute atomic E-state index is 11.8. The quantitative estimate of drug-likeness (QED) is 0.615. The van der Waals surface area contributed by atoms with Gasteiger partial charge in [0.2, 0.25) is 0 Å². The molecule has 0 spiro atoms. The average molecular weight is 248 g/mol. The molecule has 1 aliphatic rings. The summed E-state index contributed by atoms with van der Waals surface area (Å²) in [5, 5.41) is 2.75. The van der Waals surface area contributed by atoms with Crippen molar-refractivity contribution in [3.8, 4) is 0 Å². The minimum atomic E-state index is -0.522. The Labute approximate surface area is 105 Å². The van der Waals surface area contributed by atoms with E-state index in [2.05, 4.69) is 5.32 Å². The number of hydrogen-bond acceptors (Lipinski definition) is 4. The van der Waals surface area contributed by atoms with Gasteiger partial charge in [0.05, 0.1) is 5.56 Å². The van der Waals surface area contributed by atoms with E-state index in [0.29, 0.717) is 11.3 Å². The molecular weight excluding hydrogens is 232 g/mol. The van der Waals surface area contributed by atoms with E-state index in [-0.39, 0.29) is 18.6 Å². The highest BCUT2D eigenvalue weighted by molar-refractivity contribution is 5.93. The lowest BCUT2D eigenvalue weighted by Crippen LogP contribution is -2.30. The molecular formula is C13H16N2O3. The Morgan fingerprint density at radius 2 is 2.17 bits per heavy atom. The van der Waals surface area contributed by atoms with Crippen LogP contribution in [0.15, 0.2) is 18.2 Å². The van der Waals surface area contributed by atoms with Crippen molar-refractivity contribution in [3.63, 3.8) is 0 Å². The maximum atomic E-state index is 11.8. The van der Waals surface area contributed by atoms with E-state index in [4.69, 9.17) is 10.5 Å². The molecule has 1 amide bonds. The molecule has 0 atom stereocenters. The third-order valence-electron chi connectivity index (χ3n) is 2.76. The van der Waals surface area contributed by atoms with Gasteiger partial charge in [-0.3, -0.25) is 4.79 Å². The fraction of sp³-hybridized carbons (Fsp3) is 0.385. The highest BCUT2D eigenvalue weighted by atomic mass is 16.5. The fourth-order valence-corrected chi connectivity index (χ4v) is 1.57. The molecule has 1 aromatic rings. The number of nitrogens with two attached hydrogens (primary N) is 1. The maximum Gasteiger partial charge on any atom is 0.338 e. The summed E-state index contributed by atoms with van der Waals surface area (Å²) in [5.74, 6) is -0.779. The van der Waals surface area contributed by atoms with Crippen LogP contribution in [0.2, 0.25) is 0 Å². The molecule has 1 aliphatic carbocycles. The number of carbonyl (C=O) groups is 2. The molecule has 1 saturated carbocycles. The summed E-state index contributed by atoms with van der Waals surface area (Å²) in [6.45, 7) is 1.55. The number of nitrogen functional groups attached to an aromatic ring is 1. The molecule has 96 valence electrons. The van der Waals surface area contributed by atoms with E-state index in [9.17, 15) is 9.59 Å². The minimum absolute atomic E-state index is 0.246. The zero-order valence-corrected chi connectivity index (χ0v) is 10.2. The minimum Gasteiger partial charge on any atom is -0.452 e. The number of carbonyl (C=O) groups excluding carboxylic acids is 2. The highest BCUT2D eigenvalue weighted by Crippen LogP contribution is 2.18. The molecule has 2 rings (SSSR count). The molecule has 0 aliphatic heterocycles. The van der Waals surface area contributed by atoms with Gasteiger partial charge >= 0.3 is 5.97 Å². The van der Waals surface area contributed by atoms with Crippen LogP contribution in [-0.2, 0) is 9.53 Å². The number of benzene rings is 1. The second-order valence-corrected chi connectivity index (χ2v) is 4.49. The standard InChI is InChI=1S/C13H16N2O3/c1-8-2-3-9(14)6-11(8)13(17)18-7-12(16)15-10-4-5-10/h2-3,6,10H,4-5,7,14H2,1H3,(H,15,16). The van der Waals surface area contributed by atoms with Crippen LogP contribution in [0.3, 0.4) is 0 Å². The first kappa shape index (κ1) is 12.4. The molecule has 0 unspecified atom stereocenters. The smallest absolute Gasteiger partial charge is 0.338 e. The second kappa shape index (κ2) is 5.08. The number of esters is 1. The summed E-state index contributed by atoms with van der Waals surface area (Å²) >= 11 is 0. The lowest BCUT2D eigenvalue weighted by molar-refractivity contribution is -0.124. The van der Waals surface area contributed by atoms with E-state index in [0.717, 1.165) is 18.4 Å². The molecule has 1 fully saturated rings. The van der Waals surface area contributed by atoms with Crippen molar-refractivity contribution in [3.05, 3.63) is 29.3 Å². The Bertz CT molecular complexity index is 481. The van der Waals surface area contributed by atoms with E-state index in [1.807, 2.05) is 0 Å². The van der Waals surface area contributed by atoms with Gasteiger partial charge in [-0.2, -0.15) is 0 Å². The molecule has 0 saturated heterocycles. The van der Waals surface area contributed by atoms with Crippen LogP contribution in [-0.4, -0.2) is 24.5 Å². The Morgan fingerprint density at radius 3 is 2.83 bits per heavy atom. The topological polar surface area (TPSA) is 81.4 Å². The molecule has 0 bridgehead atoms. The first-order valence-electron chi connectivity index (χ1n) is 5.89. The number of ether oxygens (including phenoxy) is 1. The lowest BCUT2D eigenvalue weighted by Gasteiger charge is -2.08. The van der Waals surface area contributed by atoms with E-state index < -0.39 is 5.97 Å². The Kier molecular flexibility index (Phi) is 3.50. The van der Waals surface area contributed by atoms with Crippen LogP contribution in [0, 0.1) is 6.92 Å². The van der Waals surface area contributed by atoms with Gasteiger partial charge in [0.15, 0.2) is 6.61 Å². The molecule has 0 radical (unpaired) electrons. The van der Waals surface area contributed by atoms with Crippen LogP contribution in [0.5, 0.6) is 0 Å². The zero-order chi connectivity index (χ0) is 13.1. The lowest BCUT2D eigenvalue weighted by atomic mass is 10.1. The third-order valence-corrected chi connectivity index (χ3v) is 2.76. The molecule has 0 aromatic heterocycles. The monoisotopic (exact) mass is 248 g/mol. The van der Waals surface area contributed by atoms with Crippen molar-refractivity contribution < 1.29 is 14.3 Å². The van der Waals surface area contributed by atoms with Crippen molar-refractivity contribution in [2.45, 2.75) is 25.8 Å². The number of hydrogen-bond donors (Lipinski definition) is 2. The van der Waals surface area contributed by atoms with Crippen molar-refractivity contribution >= 4 is 17.6 Å². The summed E-state index contributed by atoms with van der Waals surface area (Å²) in [6, 6.07) is 5.28.